The van der Waals surface area contributed by atoms with Gasteiger partial charge in [0.05, 0.1) is 19.8 Å². The molecule has 0 aliphatic carbocycles. The number of benzene rings is 2. The predicted molar refractivity (Wildman–Crippen MR) is 113 cm³/mol. The van der Waals surface area contributed by atoms with Crippen molar-refractivity contribution in [2.75, 3.05) is 19.8 Å². The van der Waals surface area contributed by atoms with Crippen LogP contribution in [-0.4, -0.2) is 70.8 Å². The molecule has 6 atom stereocenters. The number of halogens is 1. The molecule has 31 heavy (non-hydrogen) atoms. The molecule has 4 rings (SSSR count). The molecular formula is C23H27ClO7. The Balaban J connectivity index is 1.49. The first-order chi connectivity index (χ1) is 15.0. The van der Waals surface area contributed by atoms with Gasteiger partial charge in [0.1, 0.15) is 42.4 Å². The van der Waals surface area contributed by atoms with Gasteiger partial charge in [0.15, 0.2) is 0 Å². The van der Waals surface area contributed by atoms with Gasteiger partial charge in [-0.2, -0.15) is 0 Å². The third-order valence-electron chi connectivity index (χ3n) is 5.80. The fourth-order valence-electron chi connectivity index (χ4n) is 3.99. The Kier molecular flexibility index (Phi) is 7.13. The van der Waals surface area contributed by atoms with Crippen LogP contribution in [0.15, 0.2) is 42.5 Å². The van der Waals surface area contributed by atoms with Crippen LogP contribution in [0.3, 0.4) is 0 Å². The summed E-state index contributed by atoms with van der Waals surface area (Å²) in [5.41, 5.74) is 2.47. The SMILES string of the molecule is OCC1O[C@@H](c2ccc(Cl)c(Cc3ccc(O[C@H]4CCOC4)cc3)c2)[C@@H](O)C(O)[C@@H]1O. The van der Waals surface area contributed by atoms with Gasteiger partial charge in [0.2, 0.25) is 0 Å². The lowest BCUT2D eigenvalue weighted by Gasteiger charge is -2.40. The maximum absolute atomic E-state index is 10.4. The summed E-state index contributed by atoms with van der Waals surface area (Å²) in [6, 6.07) is 13.0. The molecule has 2 saturated heterocycles. The molecule has 7 nitrogen and oxygen atoms in total. The third kappa shape index (κ3) is 5.04. The Labute approximate surface area is 185 Å². The van der Waals surface area contributed by atoms with Gasteiger partial charge in [-0.25, -0.2) is 0 Å². The van der Waals surface area contributed by atoms with Crippen molar-refractivity contribution in [3.63, 3.8) is 0 Å². The Morgan fingerprint density at radius 2 is 1.77 bits per heavy atom. The van der Waals surface area contributed by atoms with Gasteiger partial charge in [-0.15, -0.1) is 0 Å². The van der Waals surface area contributed by atoms with E-state index in [0.717, 1.165) is 29.9 Å². The van der Waals surface area contributed by atoms with E-state index >= 15 is 0 Å². The monoisotopic (exact) mass is 450 g/mol. The van der Waals surface area contributed by atoms with E-state index in [1.807, 2.05) is 30.3 Å². The molecule has 2 aliphatic heterocycles. The second kappa shape index (κ2) is 9.83. The minimum absolute atomic E-state index is 0.0931. The second-order valence-electron chi connectivity index (χ2n) is 8.02. The summed E-state index contributed by atoms with van der Waals surface area (Å²) in [7, 11) is 0. The number of hydrogen-bond acceptors (Lipinski definition) is 7. The molecule has 168 valence electrons. The van der Waals surface area contributed by atoms with Crippen molar-refractivity contribution in [2.45, 2.75) is 49.5 Å². The lowest BCUT2D eigenvalue weighted by Crippen LogP contribution is -2.55. The first-order valence-corrected chi connectivity index (χ1v) is 10.8. The first-order valence-electron chi connectivity index (χ1n) is 10.4. The Hall–Kier alpha value is -1.71. The van der Waals surface area contributed by atoms with E-state index < -0.39 is 37.1 Å². The molecule has 2 unspecified atom stereocenters. The Bertz CT molecular complexity index is 867. The van der Waals surface area contributed by atoms with Crippen LogP contribution in [0.2, 0.25) is 5.02 Å². The summed E-state index contributed by atoms with van der Waals surface area (Å²) in [6.45, 7) is 0.872. The van der Waals surface area contributed by atoms with Gasteiger partial charge in [-0.1, -0.05) is 35.9 Å². The highest BCUT2D eigenvalue weighted by atomic mass is 35.5. The summed E-state index contributed by atoms with van der Waals surface area (Å²) in [5.74, 6) is 0.792. The Morgan fingerprint density at radius 3 is 2.45 bits per heavy atom. The van der Waals surface area contributed by atoms with Crippen LogP contribution in [0, 0.1) is 0 Å². The quantitative estimate of drug-likeness (QED) is 0.529. The average Bonchev–Trinajstić information content (AvgIpc) is 3.28. The molecule has 0 amide bonds. The zero-order chi connectivity index (χ0) is 22.0. The minimum Gasteiger partial charge on any atom is -0.488 e. The zero-order valence-electron chi connectivity index (χ0n) is 16.9. The largest absolute Gasteiger partial charge is 0.488 e. The number of rotatable bonds is 6. The molecule has 2 aromatic rings. The van der Waals surface area contributed by atoms with Crippen LogP contribution in [0.25, 0.3) is 0 Å². The van der Waals surface area contributed by atoms with Crippen molar-refractivity contribution in [3.8, 4) is 5.75 Å². The molecule has 2 heterocycles. The van der Waals surface area contributed by atoms with Gasteiger partial charge < -0.3 is 34.6 Å². The van der Waals surface area contributed by atoms with Crippen molar-refractivity contribution in [3.05, 3.63) is 64.2 Å². The molecule has 0 bridgehead atoms. The third-order valence-corrected chi connectivity index (χ3v) is 6.17. The van der Waals surface area contributed by atoms with E-state index in [4.69, 9.17) is 25.8 Å². The molecule has 0 radical (unpaired) electrons. The van der Waals surface area contributed by atoms with Crippen LogP contribution in [0.4, 0.5) is 0 Å². The summed E-state index contributed by atoms with van der Waals surface area (Å²) in [6.07, 6.45) is -4.46. The number of hydrogen-bond donors (Lipinski definition) is 4. The van der Waals surface area contributed by atoms with E-state index in [-0.39, 0.29) is 6.10 Å². The first kappa shape index (κ1) is 22.5. The van der Waals surface area contributed by atoms with E-state index in [2.05, 4.69) is 0 Å². The molecule has 2 aromatic carbocycles. The van der Waals surface area contributed by atoms with Crippen LogP contribution in [0.5, 0.6) is 5.75 Å². The van der Waals surface area contributed by atoms with E-state index in [0.29, 0.717) is 23.6 Å². The highest BCUT2D eigenvalue weighted by molar-refractivity contribution is 6.31. The molecule has 0 aromatic heterocycles. The zero-order valence-corrected chi connectivity index (χ0v) is 17.7. The van der Waals surface area contributed by atoms with E-state index in [1.165, 1.54) is 0 Å². The van der Waals surface area contributed by atoms with Crippen LogP contribution in [0.1, 0.15) is 29.2 Å². The van der Waals surface area contributed by atoms with Crippen molar-refractivity contribution >= 4 is 11.6 Å². The normalized spacial score (nSPS) is 31.0. The topological polar surface area (TPSA) is 109 Å². The van der Waals surface area contributed by atoms with Gasteiger partial charge >= 0.3 is 0 Å². The van der Waals surface area contributed by atoms with Crippen molar-refractivity contribution < 1.29 is 34.6 Å². The Morgan fingerprint density at radius 1 is 1.00 bits per heavy atom. The molecular weight excluding hydrogens is 424 g/mol. The molecule has 0 spiro atoms. The van der Waals surface area contributed by atoms with Crippen LogP contribution >= 0.6 is 11.6 Å². The minimum atomic E-state index is -1.42. The molecule has 2 fully saturated rings. The molecule has 8 heteroatoms. The van der Waals surface area contributed by atoms with Gasteiger partial charge in [-0.05, 0) is 41.3 Å². The van der Waals surface area contributed by atoms with E-state index in [1.54, 1.807) is 12.1 Å². The summed E-state index contributed by atoms with van der Waals surface area (Å²) < 4.78 is 16.9. The van der Waals surface area contributed by atoms with Crippen LogP contribution in [-0.2, 0) is 15.9 Å². The molecule has 2 aliphatic rings. The molecule has 4 N–H and O–H groups in total. The second-order valence-corrected chi connectivity index (χ2v) is 8.43. The molecule has 0 saturated carbocycles. The predicted octanol–water partition coefficient (Wildman–Crippen LogP) is 1.61. The fraction of sp³-hybridized carbons (Fsp3) is 0.478. The van der Waals surface area contributed by atoms with E-state index in [9.17, 15) is 20.4 Å². The summed E-state index contributed by atoms with van der Waals surface area (Å²) in [4.78, 5) is 0. The van der Waals surface area contributed by atoms with Crippen molar-refractivity contribution in [1.82, 2.24) is 0 Å². The maximum atomic E-state index is 10.4. The lowest BCUT2D eigenvalue weighted by atomic mass is 9.90. The summed E-state index contributed by atoms with van der Waals surface area (Å²) >= 11 is 6.40. The fourth-order valence-corrected chi connectivity index (χ4v) is 4.17. The highest BCUT2D eigenvalue weighted by Crippen LogP contribution is 2.34. The van der Waals surface area contributed by atoms with Gasteiger partial charge in [-0.3, -0.25) is 0 Å². The average molecular weight is 451 g/mol. The lowest BCUT2D eigenvalue weighted by molar-refractivity contribution is -0.231. The number of aliphatic hydroxyl groups is 4. The van der Waals surface area contributed by atoms with Crippen molar-refractivity contribution in [2.24, 2.45) is 0 Å². The summed E-state index contributed by atoms with van der Waals surface area (Å²) in [5, 5.41) is 40.5. The maximum Gasteiger partial charge on any atom is 0.124 e. The van der Waals surface area contributed by atoms with Gasteiger partial charge in [0, 0.05) is 11.4 Å². The smallest absolute Gasteiger partial charge is 0.124 e. The standard InChI is InChI=1S/C23H27ClO7/c24-18-6-3-14(23-22(28)21(27)20(26)19(11-25)31-23)10-15(18)9-13-1-4-16(5-2-13)30-17-7-8-29-12-17/h1-6,10,17,19-23,25-28H,7-9,11-12H2/t17-,19?,20+,21?,22-,23-/m0/s1. The highest BCUT2D eigenvalue weighted by Gasteiger charge is 2.44. The van der Waals surface area contributed by atoms with Gasteiger partial charge in [0.25, 0.3) is 0 Å². The number of aliphatic hydroxyl groups excluding tert-OH is 4. The number of ether oxygens (including phenoxy) is 3. The van der Waals surface area contributed by atoms with Crippen LogP contribution < -0.4 is 4.74 Å². The van der Waals surface area contributed by atoms with Crippen molar-refractivity contribution in [1.29, 1.82) is 0 Å².